The van der Waals surface area contributed by atoms with E-state index in [1.165, 1.54) is 18.7 Å². The Balaban J connectivity index is 1.51. The molecule has 172 valence electrons. The lowest BCUT2D eigenvalue weighted by Crippen LogP contribution is -2.35. The van der Waals surface area contributed by atoms with E-state index in [4.69, 9.17) is 0 Å². The number of benzene rings is 3. The Kier molecular flexibility index (Phi) is 7.34. The van der Waals surface area contributed by atoms with Crippen LogP contribution in [0.3, 0.4) is 0 Å². The van der Waals surface area contributed by atoms with Crippen molar-refractivity contribution < 1.29 is 9.59 Å². The van der Waals surface area contributed by atoms with Gasteiger partial charge >= 0.3 is 0 Å². The average molecular weight is 473 g/mol. The number of nitrogens with zero attached hydrogens (tertiary/aromatic N) is 4. The average Bonchev–Trinajstić information content (AvgIpc) is 3.31. The fraction of sp³-hybridized carbons (Fsp3) is 0.160. The van der Waals surface area contributed by atoms with E-state index in [0.717, 1.165) is 11.1 Å². The minimum absolute atomic E-state index is 0.135. The van der Waals surface area contributed by atoms with Crippen LogP contribution in [0.4, 0.5) is 5.69 Å². The molecule has 1 heterocycles. The third kappa shape index (κ3) is 5.68. The molecule has 0 unspecified atom stereocenters. The van der Waals surface area contributed by atoms with Crippen LogP contribution in [-0.4, -0.2) is 37.3 Å². The molecular weight excluding hydrogens is 448 g/mol. The van der Waals surface area contributed by atoms with Gasteiger partial charge in [-0.05, 0) is 46.7 Å². The maximum Gasteiger partial charge on any atom is 0.234 e. The molecule has 1 aromatic heterocycles. The third-order valence-electron chi connectivity index (χ3n) is 5.06. The number of thioether (sulfide) groups is 1. The Morgan fingerprint density at radius 2 is 1.56 bits per heavy atom. The summed E-state index contributed by atoms with van der Waals surface area (Å²) in [5.74, 6) is -0.301. The van der Waals surface area contributed by atoms with Crippen LogP contribution in [-0.2, 0) is 9.59 Å². The van der Waals surface area contributed by atoms with Crippen LogP contribution in [0.2, 0.25) is 0 Å². The summed E-state index contributed by atoms with van der Waals surface area (Å²) < 4.78 is 1.55. The number of hydrogen-bond acceptors (Lipinski definition) is 6. The van der Waals surface area contributed by atoms with Crippen molar-refractivity contribution in [3.63, 3.8) is 0 Å². The van der Waals surface area contributed by atoms with Crippen LogP contribution in [0.1, 0.15) is 31.0 Å². The van der Waals surface area contributed by atoms with Crippen molar-refractivity contribution in [2.24, 2.45) is 0 Å². The van der Waals surface area contributed by atoms with E-state index in [2.05, 4.69) is 26.2 Å². The number of tetrazole rings is 1. The number of hydrogen-bond donors (Lipinski definition) is 2. The summed E-state index contributed by atoms with van der Waals surface area (Å²) in [6.45, 7) is 3.27. The van der Waals surface area contributed by atoms with Crippen LogP contribution < -0.4 is 10.6 Å². The Morgan fingerprint density at radius 1 is 0.912 bits per heavy atom. The van der Waals surface area contributed by atoms with Crippen LogP contribution in [0.5, 0.6) is 0 Å². The minimum Gasteiger partial charge on any atom is -0.344 e. The van der Waals surface area contributed by atoms with Crippen molar-refractivity contribution in [2.75, 3.05) is 5.32 Å². The van der Waals surface area contributed by atoms with Gasteiger partial charge in [-0.25, -0.2) is 0 Å². The van der Waals surface area contributed by atoms with Gasteiger partial charge in [0.1, 0.15) is 0 Å². The Labute approximate surface area is 201 Å². The lowest BCUT2D eigenvalue weighted by molar-refractivity contribution is -0.120. The monoisotopic (exact) mass is 472 g/mol. The van der Waals surface area contributed by atoms with Crippen molar-refractivity contribution in [3.05, 3.63) is 96.1 Å². The first kappa shape index (κ1) is 23.2. The maximum absolute atomic E-state index is 13.2. The topological polar surface area (TPSA) is 102 Å². The molecular formula is C25H24N6O2S. The van der Waals surface area contributed by atoms with Gasteiger partial charge in [-0.2, -0.15) is 4.68 Å². The number of carbonyl (C=O) groups excluding carboxylic acids is 2. The van der Waals surface area contributed by atoms with Crippen molar-refractivity contribution >= 4 is 29.3 Å². The molecule has 0 bridgehead atoms. The smallest absolute Gasteiger partial charge is 0.234 e. The third-order valence-corrected chi connectivity index (χ3v) is 6.09. The van der Waals surface area contributed by atoms with E-state index in [0.29, 0.717) is 16.5 Å². The fourth-order valence-corrected chi connectivity index (χ4v) is 4.27. The lowest BCUT2D eigenvalue weighted by Gasteiger charge is -2.22. The number of anilines is 1. The molecule has 0 aliphatic rings. The van der Waals surface area contributed by atoms with Gasteiger partial charge in [-0.3, -0.25) is 9.59 Å². The van der Waals surface area contributed by atoms with Gasteiger partial charge in [-0.1, -0.05) is 78.5 Å². The molecule has 4 rings (SSSR count). The molecule has 0 radical (unpaired) electrons. The molecule has 3 aromatic carbocycles. The summed E-state index contributed by atoms with van der Waals surface area (Å²) in [5, 5.41) is 17.9. The molecule has 8 nitrogen and oxygen atoms in total. The summed E-state index contributed by atoms with van der Waals surface area (Å²) in [6.07, 6.45) is 0. The fourth-order valence-electron chi connectivity index (χ4n) is 3.45. The maximum atomic E-state index is 13.2. The first-order chi connectivity index (χ1) is 16.5. The van der Waals surface area contributed by atoms with Crippen LogP contribution in [0, 0.1) is 0 Å². The molecule has 9 heteroatoms. The molecule has 0 saturated carbocycles. The first-order valence-electron chi connectivity index (χ1n) is 10.7. The normalized spacial score (nSPS) is 11.7. The molecule has 2 amide bonds. The van der Waals surface area contributed by atoms with E-state index in [-0.39, 0.29) is 17.9 Å². The predicted octanol–water partition coefficient (Wildman–Crippen LogP) is 4.01. The summed E-state index contributed by atoms with van der Waals surface area (Å²) >= 11 is 1.26. The van der Waals surface area contributed by atoms with E-state index < -0.39 is 5.25 Å². The van der Waals surface area contributed by atoms with E-state index >= 15 is 0 Å². The standard InChI is InChI=1S/C25H24N6O2S/c1-17(24(33)27-23(19-10-5-3-6-11-19)20-12-7-4-8-13-20)34-25-28-29-30-31(25)22-15-9-14-21(16-22)26-18(2)32/h3-17,23H,1-2H3,(H,26,32)(H,27,33)/t17-/m0/s1. The van der Waals surface area contributed by atoms with E-state index in [1.54, 1.807) is 22.9 Å². The number of carbonyl (C=O) groups is 2. The lowest BCUT2D eigenvalue weighted by atomic mass is 9.98. The molecule has 34 heavy (non-hydrogen) atoms. The van der Waals surface area contributed by atoms with Gasteiger partial charge in [0, 0.05) is 12.6 Å². The largest absolute Gasteiger partial charge is 0.344 e. The van der Waals surface area contributed by atoms with Gasteiger partial charge in [0.15, 0.2) is 0 Å². The van der Waals surface area contributed by atoms with Gasteiger partial charge in [-0.15, -0.1) is 5.10 Å². The van der Waals surface area contributed by atoms with Crippen LogP contribution >= 0.6 is 11.8 Å². The van der Waals surface area contributed by atoms with Crippen molar-refractivity contribution in [2.45, 2.75) is 30.3 Å². The number of aromatic nitrogens is 4. The molecule has 0 saturated heterocycles. The second kappa shape index (κ2) is 10.8. The van der Waals surface area contributed by atoms with Gasteiger partial charge < -0.3 is 10.6 Å². The van der Waals surface area contributed by atoms with E-state index in [9.17, 15) is 9.59 Å². The highest BCUT2D eigenvalue weighted by atomic mass is 32.2. The van der Waals surface area contributed by atoms with Crippen molar-refractivity contribution in [1.29, 1.82) is 0 Å². The SMILES string of the molecule is CC(=O)Nc1cccc(-n2nnnc2S[C@@H](C)C(=O)NC(c2ccccc2)c2ccccc2)c1. The number of amides is 2. The quantitative estimate of drug-likeness (QED) is 0.376. The highest BCUT2D eigenvalue weighted by molar-refractivity contribution is 8.00. The zero-order chi connectivity index (χ0) is 23.9. The van der Waals surface area contributed by atoms with Crippen LogP contribution in [0.25, 0.3) is 5.69 Å². The Hall–Kier alpha value is -3.98. The minimum atomic E-state index is -0.460. The molecule has 2 N–H and O–H groups in total. The zero-order valence-corrected chi connectivity index (χ0v) is 19.6. The highest BCUT2D eigenvalue weighted by Gasteiger charge is 2.23. The molecule has 0 aliphatic heterocycles. The predicted molar refractivity (Wildman–Crippen MR) is 132 cm³/mol. The first-order valence-corrected chi connectivity index (χ1v) is 11.6. The molecule has 0 spiro atoms. The van der Waals surface area contributed by atoms with Gasteiger partial charge in [0.25, 0.3) is 0 Å². The van der Waals surface area contributed by atoms with Gasteiger partial charge in [0.2, 0.25) is 17.0 Å². The Morgan fingerprint density at radius 3 is 2.18 bits per heavy atom. The summed E-state index contributed by atoms with van der Waals surface area (Å²) in [6, 6.07) is 26.6. The van der Waals surface area contributed by atoms with Crippen molar-refractivity contribution in [1.82, 2.24) is 25.5 Å². The number of nitrogens with one attached hydrogen (secondary N) is 2. The second-order valence-electron chi connectivity index (χ2n) is 7.63. The van der Waals surface area contributed by atoms with Crippen LogP contribution in [0.15, 0.2) is 90.1 Å². The Bertz CT molecular complexity index is 1220. The second-order valence-corrected chi connectivity index (χ2v) is 8.94. The zero-order valence-electron chi connectivity index (χ0n) is 18.8. The molecule has 0 aliphatic carbocycles. The van der Waals surface area contributed by atoms with Gasteiger partial charge in [0.05, 0.1) is 17.0 Å². The van der Waals surface area contributed by atoms with E-state index in [1.807, 2.05) is 73.7 Å². The summed E-state index contributed by atoms with van der Waals surface area (Å²) in [7, 11) is 0. The van der Waals surface area contributed by atoms with Crippen molar-refractivity contribution in [3.8, 4) is 5.69 Å². The summed E-state index contributed by atoms with van der Waals surface area (Å²) in [4.78, 5) is 24.6. The number of rotatable bonds is 8. The molecule has 4 aromatic rings. The highest BCUT2D eigenvalue weighted by Crippen LogP contribution is 2.26. The summed E-state index contributed by atoms with van der Waals surface area (Å²) in [5.41, 5.74) is 3.31. The molecule has 0 fully saturated rings. The molecule has 1 atom stereocenters.